The topological polar surface area (TPSA) is 69.1 Å². The second-order valence-electron chi connectivity index (χ2n) is 7.85. The number of aliphatic hydroxyl groups is 1. The molecule has 2 saturated heterocycles. The summed E-state index contributed by atoms with van der Waals surface area (Å²) in [7, 11) is 0. The molecule has 2 aliphatic rings. The standard InChI is InChI=1S/C19H38N4O2/c1-4-20-19(21-11-16(7-9-24)10-15(2)3)22-12-18-13-23-8-5-6-17(23)14-25-18/h15-18,24H,4-14H2,1-3H3,(H2,20,21,22). The molecule has 0 bridgehead atoms. The summed E-state index contributed by atoms with van der Waals surface area (Å²) >= 11 is 0. The lowest BCUT2D eigenvalue weighted by molar-refractivity contribution is -0.0453. The fourth-order valence-electron chi connectivity index (χ4n) is 3.91. The first kappa shape index (κ1) is 20.5. The minimum absolute atomic E-state index is 0.238. The molecule has 2 heterocycles. The molecule has 3 unspecified atom stereocenters. The van der Waals surface area contributed by atoms with Gasteiger partial charge in [0.05, 0.1) is 12.7 Å². The summed E-state index contributed by atoms with van der Waals surface area (Å²) in [5.74, 6) is 1.93. The molecule has 0 radical (unpaired) electrons. The predicted octanol–water partition coefficient (Wildman–Crippen LogP) is 1.45. The van der Waals surface area contributed by atoms with E-state index in [4.69, 9.17) is 9.73 Å². The van der Waals surface area contributed by atoms with E-state index in [0.29, 0.717) is 17.9 Å². The molecule has 2 rings (SSSR count). The van der Waals surface area contributed by atoms with Gasteiger partial charge in [-0.3, -0.25) is 9.89 Å². The van der Waals surface area contributed by atoms with E-state index in [0.717, 1.165) is 51.6 Å². The van der Waals surface area contributed by atoms with Gasteiger partial charge in [-0.1, -0.05) is 13.8 Å². The fourth-order valence-corrected chi connectivity index (χ4v) is 3.91. The highest BCUT2D eigenvalue weighted by Gasteiger charge is 2.32. The van der Waals surface area contributed by atoms with E-state index in [1.54, 1.807) is 0 Å². The van der Waals surface area contributed by atoms with E-state index in [1.807, 2.05) is 0 Å². The normalized spacial score (nSPS) is 25.9. The van der Waals surface area contributed by atoms with Gasteiger partial charge in [0.25, 0.3) is 0 Å². The van der Waals surface area contributed by atoms with E-state index in [1.165, 1.54) is 19.4 Å². The second kappa shape index (κ2) is 11.0. The number of ether oxygens (including phenoxy) is 1. The lowest BCUT2D eigenvalue weighted by Crippen LogP contribution is -2.51. The molecule has 0 saturated carbocycles. The average molecular weight is 355 g/mol. The molecular formula is C19H38N4O2. The van der Waals surface area contributed by atoms with Crippen LogP contribution in [0.4, 0.5) is 0 Å². The Morgan fingerprint density at radius 3 is 2.92 bits per heavy atom. The number of aliphatic imine (C=N–C) groups is 1. The lowest BCUT2D eigenvalue weighted by atomic mass is 9.94. The van der Waals surface area contributed by atoms with Crippen LogP contribution in [0.5, 0.6) is 0 Å². The summed E-state index contributed by atoms with van der Waals surface area (Å²) in [6, 6.07) is 0.647. The zero-order chi connectivity index (χ0) is 18.1. The SMILES string of the molecule is CCNC(=NCC(CCO)CC(C)C)NCC1CN2CCCC2CO1. The molecule has 25 heavy (non-hydrogen) atoms. The number of nitrogens with zero attached hydrogens (tertiary/aromatic N) is 2. The Morgan fingerprint density at radius 1 is 1.36 bits per heavy atom. The molecule has 6 heteroatoms. The van der Waals surface area contributed by atoms with Gasteiger partial charge in [-0.2, -0.15) is 0 Å². The summed E-state index contributed by atoms with van der Waals surface area (Å²) in [5.41, 5.74) is 0. The highest BCUT2D eigenvalue weighted by atomic mass is 16.5. The van der Waals surface area contributed by atoms with Crippen molar-refractivity contribution in [2.45, 2.75) is 58.6 Å². The number of morpholine rings is 1. The highest BCUT2D eigenvalue weighted by Crippen LogP contribution is 2.22. The van der Waals surface area contributed by atoms with E-state index < -0.39 is 0 Å². The monoisotopic (exact) mass is 354 g/mol. The van der Waals surface area contributed by atoms with Gasteiger partial charge in [0, 0.05) is 38.8 Å². The number of rotatable bonds is 9. The summed E-state index contributed by atoms with van der Waals surface area (Å²) in [6.07, 6.45) is 4.75. The van der Waals surface area contributed by atoms with Crippen molar-refractivity contribution in [1.29, 1.82) is 0 Å². The number of hydrogen-bond donors (Lipinski definition) is 3. The van der Waals surface area contributed by atoms with E-state index in [-0.39, 0.29) is 12.7 Å². The molecule has 0 spiro atoms. The lowest BCUT2D eigenvalue weighted by Gasteiger charge is -2.35. The van der Waals surface area contributed by atoms with Crippen molar-refractivity contribution in [3.8, 4) is 0 Å². The van der Waals surface area contributed by atoms with Crippen LogP contribution in [0.15, 0.2) is 4.99 Å². The van der Waals surface area contributed by atoms with E-state index in [2.05, 4.69) is 36.3 Å². The molecule has 6 nitrogen and oxygen atoms in total. The van der Waals surface area contributed by atoms with Crippen molar-refractivity contribution in [1.82, 2.24) is 15.5 Å². The fraction of sp³-hybridized carbons (Fsp3) is 0.947. The third-order valence-electron chi connectivity index (χ3n) is 5.15. The molecule has 0 aromatic carbocycles. The smallest absolute Gasteiger partial charge is 0.191 e. The summed E-state index contributed by atoms with van der Waals surface area (Å²) in [6.45, 7) is 12.3. The van der Waals surface area contributed by atoms with Crippen LogP contribution in [0.1, 0.15) is 46.5 Å². The van der Waals surface area contributed by atoms with Gasteiger partial charge < -0.3 is 20.5 Å². The highest BCUT2D eigenvalue weighted by molar-refractivity contribution is 5.79. The third kappa shape index (κ3) is 7.12. The van der Waals surface area contributed by atoms with E-state index in [9.17, 15) is 5.11 Å². The van der Waals surface area contributed by atoms with Crippen LogP contribution in [-0.2, 0) is 4.74 Å². The molecule has 0 aromatic heterocycles. The summed E-state index contributed by atoms with van der Waals surface area (Å²) in [5, 5.41) is 16.0. The second-order valence-corrected chi connectivity index (χ2v) is 7.85. The van der Waals surface area contributed by atoms with Crippen molar-refractivity contribution in [3.63, 3.8) is 0 Å². The summed E-state index contributed by atoms with van der Waals surface area (Å²) in [4.78, 5) is 7.32. The van der Waals surface area contributed by atoms with Crippen LogP contribution in [0.25, 0.3) is 0 Å². The predicted molar refractivity (Wildman–Crippen MR) is 103 cm³/mol. The van der Waals surface area contributed by atoms with Gasteiger partial charge >= 0.3 is 0 Å². The molecule has 146 valence electrons. The Kier molecular flexibility index (Phi) is 8.99. The van der Waals surface area contributed by atoms with Gasteiger partial charge in [-0.15, -0.1) is 0 Å². The molecule has 3 N–H and O–H groups in total. The van der Waals surface area contributed by atoms with Crippen LogP contribution in [0.2, 0.25) is 0 Å². The first-order valence-electron chi connectivity index (χ1n) is 10.1. The van der Waals surface area contributed by atoms with E-state index >= 15 is 0 Å². The quantitative estimate of drug-likeness (QED) is 0.432. The van der Waals surface area contributed by atoms with Crippen LogP contribution in [0, 0.1) is 11.8 Å². The first-order chi connectivity index (χ1) is 12.1. The van der Waals surface area contributed by atoms with Crippen molar-refractivity contribution in [2.24, 2.45) is 16.8 Å². The molecular weight excluding hydrogens is 316 g/mol. The number of nitrogens with one attached hydrogen (secondary N) is 2. The van der Waals surface area contributed by atoms with Crippen molar-refractivity contribution in [3.05, 3.63) is 0 Å². The van der Waals surface area contributed by atoms with Gasteiger partial charge in [0.15, 0.2) is 5.96 Å². The largest absolute Gasteiger partial charge is 0.396 e. The Bertz CT molecular complexity index is 403. The molecule has 3 atom stereocenters. The molecule has 2 aliphatic heterocycles. The minimum atomic E-state index is 0.238. The number of hydrogen-bond acceptors (Lipinski definition) is 4. The van der Waals surface area contributed by atoms with Gasteiger partial charge in [-0.05, 0) is 51.0 Å². The molecule has 0 amide bonds. The van der Waals surface area contributed by atoms with Gasteiger partial charge in [0.2, 0.25) is 0 Å². The minimum Gasteiger partial charge on any atom is -0.396 e. The maximum Gasteiger partial charge on any atom is 0.191 e. The van der Waals surface area contributed by atoms with Crippen LogP contribution in [-0.4, -0.2) is 74.0 Å². The van der Waals surface area contributed by atoms with Crippen LogP contribution < -0.4 is 10.6 Å². The number of fused-ring (bicyclic) bond motifs is 1. The Hall–Kier alpha value is -0.850. The first-order valence-corrected chi connectivity index (χ1v) is 10.1. The number of guanidine groups is 1. The summed E-state index contributed by atoms with van der Waals surface area (Å²) < 4.78 is 6.02. The maximum absolute atomic E-state index is 9.27. The average Bonchev–Trinajstić information content (AvgIpc) is 3.04. The van der Waals surface area contributed by atoms with Crippen molar-refractivity contribution < 1.29 is 9.84 Å². The molecule has 0 aliphatic carbocycles. The third-order valence-corrected chi connectivity index (χ3v) is 5.15. The number of aliphatic hydroxyl groups excluding tert-OH is 1. The van der Waals surface area contributed by atoms with Crippen molar-refractivity contribution in [2.75, 3.05) is 45.9 Å². The van der Waals surface area contributed by atoms with Crippen LogP contribution >= 0.6 is 0 Å². The molecule has 2 fully saturated rings. The zero-order valence-corrected chi connectivity index (χ0v) is 16.3. The maximum atomic E-state index is 9.27. The van der Waals surface area contributed by atoms with Crippen LogP contribution in [0.3, 0.4) is 0 Å². The van der Waals surface area contributed by atoms with Gasteiger partial charge in [-0.25, -0.2) is 0 Å². The Morgan fingerprint density at radius 2 is 2.20 bits per heavy atom. The molecule has 0 aromatic rings. The Labute approximate surface area is 153 Å². The van der Waals surface area contributed by atoms with Gasteiger partial charge in [0.1, 0.15) is 0 Å². The van der Waals surface area contributed by atoms with Crippen molar-refractivity contribution >= 4 is 5.96 Å². The Balaban J connectivity index is 1.80. The zero-order valence-electron chi connectivity index (χ0n) is 16.3.